The fourth-order valence-corrected chi connectivity index (χ4v) is 7.33. The Kier molecular flexibility index (Phi) is 9.93. The van der Waals surface area contributed by atoms with Gasteiger partial charge >= 0.3 is 0 Å². The summed E-state index contributed by atoms with van der Waals surface area (Å²) in [6.45, 7) is 7.74. The average molecular weight is 586 g/mol. The molecule has 2 fully saturated rings. The molecule has 0 saturated carbocycles. The van der Waals surface area contributed by atoms with Crippen molar-refractivity contribution in [3.8, 4) is 5.75 Å². The van der Waals surface area contributed by atoms with E-state index in [1.165, 1.54) is 52.2 Å². The number of likely N-dealkylation sites (tertiary alicyclic amines) is 1. The average Bonchev–Trinajstić information content (AvgIpc) is 3.64. The van der Waals surface area contributed by atoms with Crippen molar-refractivity contribution in [1.29, 1.82) is 0 Å². The summed E-state index contributed by atoms with van der Waals surface area (Å²) < 4.78 is 32.5. The van der Waals surface area contributed by atoms with Crippen molar-refractivity contribution >= 4 is 27.5 Å². The molecule has 10 nitrogen and oxygen atoms in total. The maximum atomic E-state index is 13.2. The third-order valence-electron chi connectivity index (χ3n) is 8.11. The Morgan fingerprint density at radius 3 is 2.27 bits per heavy atom. The molecule has 0 spiro atoms. The number of likely N-dealkylation sites (N-methyl/N-ethyl adjacent to an activating group) is 2. The smallest absolute Gasteiger partial charge is 0.243 e. The van der Waals surface area contributed by atoms with Gasteiger partial charge in [-0.05, 0) is 87.2 Å². The number of hydrogen-bond acceptors (Lipinski definition) is 7. The van der Waals surface area contributed by atoms with Crippen molar-refractivity contribution in [2.24, 2.45) is 0 Å². The number of sulfonamides is 1. The van der Waals surface area contributed by atoms with Gasteiger partial charge in [-0.25, -0.2) is 8.42 Å². The number of ether oxygens (including phenoxy) is 1. The van der Waals surface area contributed by atoms with Crippen LogP contribution in [-0.4, -0.2) is 101 Å². The Labute approximate surface area is 244 Å². The van der Waals surface area contributed by atoms with Crippen LogP contribution in [0.2, 0.25) is 0 Å². The summed E-state index contributed by atoms with van der Waals surface area (Å²) in [5, 5.41) is 2.56. The van der Waals surface area contributed by atoms with Crippen LogP contribution in [0.15, 0.2) is 41.3 Å². The van der Waals surface area contributed by atoms with Gasteiger partial charge in [-0.15, -0.1) is 0 Å². The highest BCUT2D eigenvalue weighted by Crippen LogP contribution is 2.28. The Hall–Kier alpha value is -3.15. The lowest BCUT2D eigenvalue weighted by Crippen LogP contribution is -2.43. The number of aryl methyl sites for hydroxylation is 2. The van der Waals surface area contributed by atoms with E-state index in [2.05, 4.69) is 27.2 Å². The summed E-state index contributed by atoms with van der Waals surface area (Å²) in [4.78, 5) is 32.0. The number of hydrogen-bond donors (Lipinski definition) is 1. The molecule has 41 heavy (non-hydrogen) atoms. The van der Waals surface area contributed by atoms with Crippen LogP contribution in [0.1, 0.15) is 36.0 Å². The van der Waals surface area contributed by atoms with Gasteiger partial charge in [0.15, 0.2) is 0 Å². The molecule has 2 aromatic carbocycles. The fourth-order valence-electron chi connectivity index (χ4n) is 5.80. The molecule has 0 bridgehead atoms. The normalized spacial score (nSPS) is 17.7. The lowest BCUT2D eigenvalue weighted by molar-refractivity contribution is -0.132. The van der Waals surface area contributed by atoms with Gasteiger partial charge in [0.25, 0.3) is 0 Å². The van der Waals surface area contributed by atoms with Crippen molar-refractivity contribution in [2.75, 3.05) is 65.4 Å². The molecule has 2 saturated heterocycles. The maximum Gasteiger partial charge on any atom is 0.243 e. The highest BCUT2D eigenvalue weighted by atomic mass is 32.2. The minimum absolute atomic E-state index is 0.145. The third kappa shape index (κ3) is 7.38. The number of rotatable bonds is 11. The second-order valence-corrected chi connectivity index (χ2v) is 13.2. The van der Waals surface area contributed by atoms with Crippen molar-refractivity contribution in [3.05, 3.63) is 53.1 Å². The first-order valence-corrected chi connectivity index (χ1v) is 15.6. The zero-order chi connectivity index (χ0) is 29.7. The van der Waals surface area contributed by atoms with Crippen LogP contribution in [0.5, 0.6) is 5.75 Å². The van der Waals surface area contributed by atoms with Gasteiger partial charge in [0.1, 0.15) is 5.75 Å². The Morgan fingerprint density at radius 1 is 1.02 bits per heavy atom. The van der Waals surface area contributed by atoms with E-state index in [9.17, 15) is 18.0 Å². The number of carbonyl (C=O) groups is 2. The highest BCUT2D eigenvalue weighted by Gasteiger charge is 2.30. The summed E-state index contributed by atoms with van der Waals surface area (Å²) in [7, 11) is 0.644. The number of carbonyl (C=O) groups excluding carboxylic acids is 2. The van der Waals surface area contributed by atoms with Crippen LogP contribution < -0.4 is 15.0 Å². The molecule has 2 aliphatic heterocycles. The second kappa shape index (κ2) is 13.2. The SMILES string of the molecule is COc1cc(C)c(S(=O)(=O)N(C)CC(=O)NCC(=O)N(C)Cc2ccc(N3CCC(N4CCCC4)C3)cc2)c(C)c1. The summed E-state index contributed by atoms with van der Waals surface area (Å²) in [5.74, 6) is -0.248. The molecule has 1 unspecified atom stereocenters. The van der Waals surface area contributed by atoms with E-state index < -0.39 is 22.5 Å². The first-order valence-electron chi connectivity index (χ1n) is 14.2. The second-order valence-electron chi connectivity index (χ2n) is 11.2. The topological polar surface area (TPSA) is 102 Å². The first kappa shape index (κ1) is 30.8. The molecular formula is C30H43N5O5S. The van der Waals surface area contributed by atoms with Gasteiger partial charge in [0, 0.05) is 45.5 Å². The molecular weight excluding hydrogens is 542 g/mol. The molecule has 0 radical (unpaired) electrons. The standard InChI is InChI=1S/C30H43N5O5S/c1-22-16-27(40-5)17-23(2)30(22)41(38,39)33(4)21-28(36)31-18-29(37)32(3)19-24-8-10-25(11-9-24)35-15-12-26(20-35)34-13-6-7-14-34/h8-11,16-17,26H,6-7,12-15,18-21H2,1-5H3,(H,31,36). The van der Waals surface area contributed by atoms with Crippen molar-refractivity contribution in [1.82, 2.24) is 19.4 Å². The van der Waals surface area contributed by atoms with Crippen LogP contribution in [0.4, 0.5) is 5.69 Å². The summed E-state index contributed by atoms with van der Waals surface area (Å²) in [6.07, 6.45) is 3.82. The van der Waals surface area contributed by atoms with Crippen LogP contribution in [-0.2, 0) is 26.2 Å². The monoisotopic (exact) mass is 585 g/mol. The molecule has 2 amide bonds. The Balaban J connectivity index is 1.24. The highest BCUT2D eigenvalue weighted by molar-refractivity contribution is 7.89. The van der Waals surface area contributed by atoms with E-state index >= 15 is 0 Å². The van der Waals surface area contributed by atoms with Gasteiger partial charge in [-0.1, -0.05) is 12.1 Å². The quantitative estimate of drug-likeness (QED) is 0.432. The molecule has 1 atom stereocenters. The largest absolute Gasteiger partial charge is 0.497 e. The number of nitrogens with one attached hydrogen (secondary N) is 1. The predicted molar refractivity (Wildman–Crippen MR) is 160 cm³/mol. The van der Waals surface area contributed by atoms with Crippen LogP contribution in [0.25, 0.3) is 0 Å². The van der Waals surface area contributed by atoms with Crippen LogP contribution in [0.3, 0.4) is 0 Å². The lowest BCUT2D eigenvalue weighted by Gasteiger charge is -2.24. The Bertz CT molecular complexity index is 1320. The van der Waals surface area contributed by atoms with E-state index in [4.69, 9.17) is 4.74 Å². The van der Waals surface area contributed by atoms with Crippen molar-refractivity contribution in [2.45, 2.75) is 50.6 Å². The molecule has 0 aliphatic carbocycles. The molecule has 11 heteroatoms. The maximum absolute atomic E-state index is 13.2. The molecule has 0 aromatic heterocycles. The van der Waals surface area contributed by atoms with Crippen molar-refractivity contribution in [3.63, 3.8) is 0 Å². The predicted octanol–water partition coefficient (Wildman–Crippen LogP) is 2.38. The van der Waals surface area contributed by atoms with Crippen LogP contribution in [0, 0.1) is 13.8 Å². The summed E-state index contributed by atoms with van der Waals surface area (Å²) in [6, 6.07) is 12.3. The minimum Gasteiger partial charge on any atom is -0.497 e. The van der Waals surface area contributed by atoms with Gasteiger partial charge < -0.3 is 19.9 Å². The van der Waals surface area contributed by atoms with E-state index in [0.29, 0.717) is 29.5 Å². The van der Waals surface area contributed by atoms with E-state index in [1.54, 1.807) is 37.9 Å². The molecule has 224 valence electrons. The first-order chi connectivity index (χ1) is 19.5. The van der Waals surface area contributed by atoms with Gasteiger partial charge in [-0.2, -0.15) is 4.31 Å². The van der Waals surface area contributed by atoms with E-state index in [-0.39, 0.29) is 17.3 Å². The van der Waals surface area contributed by atoms with E-state index in [1.807, 2.05) is 12.1 Å². The molecule has 2 heterocycles. The summed E-state index contributed by atoms with van der Waals surface area (Å²) in [5.41, 5.74) is 3.27. The number of benzene rings is 2. The number of methoxy groups -OCH3 is 1. The molecule has 4 rings (SSSR count). The number of anilines is 1. The number of amides is 2. The molecule has 2 aliphatic rings. The Morgan fingerprint density at radius 2 is 1.66 bits per heavy atom. The van der Waals surface area contributed by atoms with E-state index in [0.717, 1.165) is 23.0 Å². The zero-order valence-corrected chi connectivity index (χ0v) is 25.7. The minimum atomic E-state index is -3.92. The fraction of sp³-hybridized carbons (Fsp3) is 0.533. The number of nitrogens with zero attached hydrogens (tertiary/aromatic N) is 4. The third-order valence-corrected chi connectivity index (χ3v) is 10.2. The van der Waals surface area contributed by atoms with Gasteiger partial charge in [-0.3, -0.25) is 14.5 Å². The molecule has 1 N–H and O–H groups in total. The van der Waals surface area contributed by atoms with Crippen molar-refractivity contribution < 1.29 is 22.7 Å². The van der Waals surface area contributed by atoms with Gasteiger partial charge in [0.05, 0.1) is 25.1 Å². The summed E-state index contributed by atoms with van der Waals surface area (Å²) >= 11 is 0. The lowest BCUT2D eigenvalue weighted by atomic mass is 10.1. The van der Waals surface area contributed by atoms with Crippen LogP contribution >= 0.6 is 0 Å². The van der Waals surface area contributed by atoms with Gasteiger partial charge in [0.2, 0.25) is 21.8 Å². The zero-order valence-electron chi connectivity index (χ0n) is 24.9. The molecule has 2 aromatic rings.